The minimum absolute atomic E-state index is 0.0343. The molecule has 0 aromatic heterocycles. The van der Waals surface area contributed by atoms with E-state index >= 15 is 0 Å². The highest BCUT2D eigenvalue weighted by atomic mass is 16.6. The highest BCUT2D eigenvalue weighted by molar-refractivity contribution is 5.72. The van der Waals surface area contributed by atoms with Gasteiger partial charge in [-0.15, -0.1) is 0 Å². The number of unbranched alkanes of at least 4 members (excludes halogenated alkanes) is 8. The number of ether oxygens (including phenoxy) is 3. The summed E-state index contributed by atoms with van der Waals surface area (Å²) in [5, 5.41) is 9.61. The van der Waals surface area contributed by atoms with Crippen LogP contribution in [0.25, 0.3) is 0 Å². The van der Waals surface area contributed by atoms with Crippen molar-refractivity contribution in [3.05, 3.63) is 97.2 Å². The molecule has 0 aliphatic carbocycles. The van der Waals surface area contributed by atoms with E-state index in [1.54, 1.807) is 0 Å². The summed E-state index contributed by atoms with van der Waals surface area (Å²) in [6.45, 7) is 4.41. The number of aliphatic carboxylic acids is 1. The maximum Gasteiger partial charge on any atom is 0.362 e. The summed E-state index contributed by atoms with van der Waals surface area (Å²) in [5.41, 5.74) is 0. The third kappa shape index (κ3) is 37.8. The number of hydrogen-bond acceptors (Lipinski definition) is 6. The van der Waals surface area contributed by atoms with Gasteiger partial charge in [-0.3, -0.25) is 9.59 Å². The lowest BCUT2D eigenvalue weighted by Crippen LogP contribution is -2.50. The number of hydrogen-bond donors (Lipinski definition) is 1. The molecule has 0 aliphatic heterocycles. The summed E-state index contributed by atoms with van der Waals surface area (Å²) < 4.78 is 17.2. The van der Waals surface area contributed by atoms with Crippen LogP contribution in [-0.4, -0.2) is 80.6 Å². The number of allylic oxidation sites excluding steroid dienone is 16. The first kappa shape index (κ1) is 54.2. The average molecular weight is 809 g/mol. The second-order valence-electron chi connectivity index (χ2n) is 15.5. The summed E-state index contributed by atoms with van der Waals surface area (Å²) >= 11 is 0. The molecule has 2 atom stereocenters. The van der Waals surface area contributed by atoms with E-state index < -0.39 is 18.1 Å². The zero-order valence-corrected chi connectivity index (χ0v) is 37.2. The van der Waals surface area contributed by atoms with E-state index in [0.717, 1.165) is 89.9 Å². The smallest absolute Gasteiger partial charge is 0.362 e. The molecular formula is C50H82NO7+. The molecule has 0 radical (unpaired) electrons. The lowest BCUT2D eigenvalue weighted by atomic mass is 10.1. The molecule has 0 rings (SSSR count). The number of carboxylic acids is 1. The Morgan fingerprint density at radius 2 is 0.931 bits per heavy atom. The first-order valence-electron chi connectivity index (χ1n) is 22.3. The summed E-state index contributed by atoms with van der Waals surface area (Å²) in [6.07, 6.45) is 53.2. The van der Waals surface area contributed by atoms with Gasteiger partial charge in [0.15, 0.2) is 12.1 Å². The lowest BCUT2D eigenvalue weighted by molar-refractivity contribution is -0.887. The standard InChI is InChI=1S/C50H81NO7/c1-6-8-10-12-14-16-18-19-20-21-22-23-24-25-26-27-28-29-31-33-35-37-39-41-49(53)58-46(44-56-43-42-47(50(54)55)51(3,4)5)45-57-48(52)40-38-36-34-32-30-17-15-13-11-9-7-2/h8-11,14-17,19-20,22-23,25-26,32,34,46-47H,6-7,12-13,18,21,24,27-31,33,35-45H2,1-5H3/p+1/b10-8+,11-9+,16-14+,17-15+,20-19+,23-22+,26-25+,34-32+. The van der Waals surface area contributed by atoms with Crippen LogP contribution in [0.15, 0.2) is 97.2 Å². The van der Waals surface area contributed by atoms with Crippen molar-refractivity contribution in [1.29, 1.82) is 0 Å². The van der Waals surface area contributed by atoms with Crippen LogP contribution in [0, 0.1) is 0 Å². The van der Waals surface area contributed by atoms with Gasteiger partial charge in [0.1, 0.15) is 6.61 Å². The van der Waals surface area contributed by atoms with Crippen LogP contribution < -0.4 is 0 Å². The van der Waals surface area contributed by atoms with Gasteiger partial charge in [-0.2, -0.15) is 0 Å². The Kier molecular flexibility index (Phi) is 37.5. The normalized spacial score (nSPS) is 13.9. The number of likely N-dealkylation sites (N-methyl/N-ethyl adjacent to an activating group) is 1. The molecule has 1 N–H and O–H groups in total. The molecule has 0 bridgehead atoms. The Bertz CT molecular complexity index is 1260. The van der Waals surface area contributed by atoms with Crippen LogP contribution in [0.1, 0.15) is 149 Å². The Morgan fingerprint density at radius 1 is 0.517 bits per heavy atom. The quantitative estimate of drug-likeness (QED) is 0.0287. The van der Waals surface area contributed by atoms with E-state index in [2.05, 4.69) is 111 Å². The van der Waals surface area contributed by atoms with E-state index in [0.29, 0.717) is 19.3 Å². The summed E-state index contributed by atoms with van der Waals surface area (Å²) in [4.78, 5) is 36.9. The van der Waals surface area contributed by atoms with Crippen LogP contribution >= 0.6 is 0 Å². The minimum atomic E-state index is -0.888. The number of nitrogens with zero attached hydrogens (tertiary/aromatic N) is 1. The first-order chi connectivity index (χ1) is 28.1. The Morgan fingerprint density at radius 3 is 1.40 bits per heavy atom. The lowest BCUT2D eigenvalue weighted by Gasteiger charge is -2.31. The maximum absolute atomic E-state index is 12.7. The largest absolute Gasteiger partial charge is 0.477 e. The number of rotatable bonds is 38. The van der Waals surface area contributed by atoms with Crippen molar-refractivity contribution in [2.45, 2.75) is 161 Å². The van der Waals surface area contributed by atoms with E-state index in [1.807, 2.05) is 21.1 Å². The van der Waals surface area contributed by atoms with Crippen LogP contribution in [0.4, 0.5) is 0 Å². The van der Waals surface area contributed by atoms with Crippen molar-refractivity contribution in [2.75, 3.05) is 41.0 Å². The van der Waals surface area contributed by atoms with Crippen LogP contribution in [0.5, 0.6) is 0 Å². The highest BCUT2D eigenvalue weighted by Gasteiger charge is 2.31. The molecule has 0 fully saturated rings. The molecule has 0 saturated carbocycles. The zero-order chi connectivity index (χ0) is 42.8. The molecule has 328 valence electrons. The van der Waals surface area contributed by atoms with Crippen molar-refractivity contribution in [2.24, 2.45) is 0 Å². The van der Waals surface area contributed by atoms with E-state index in [1.165, 1.54) is 19.3 Å². The summed E-state index contributed by atoms with van der Waals surface area (Å²) in [7, 11) is 5.49. The number of quaternary nitrogens is 1. The van der Waals surface area contributed by atoms with E-state index in [9.17, 15) is 19.5 Å². The molecule has 58 heavy (non-hydrogen) atoms. The van der Waals surface area contributed by atoms with Gasteiger partial charge in [-0.25, -0.2) is 4.79 Å². The molecule has 0 aromatic carbocycles. The fourth-order valence-corrected chi connectivity index (χ4v) is 5.85. The van der Waals surface area contributed by atoms with Crippen LogP contribution in [0.3, 0.4) is 0 Å². The zero-order valence-electron chi connectivity index (χ0n) is 37.2. The molecule has 2 unspecified atom stereocenters. The van der Waals surface area contributed by atoms with Crippen molar-refractivity contribution in [3.63, 3.8) is 0 Å². The fraction of sp³-hybridized carbons (Fsp3) is 0.620. The fourth-order valence-electron chi connectivity index (χ4n) is 5.85. The van der Waals surface area contributed by atoms with Gasteiger partial charge in [0.25, 0.3) is 0 Å². The molecule has 8 nitrogen and oxygen atoms in total. The van der Waals surface area contributed by atoms with Crippen molar-refractivity contribution < 1.29 is 38.2 Å². The van der Waals surface area contributed by atoms with Crippen molar-refractivity contribution >= 4 is 17.9 Å². The van der Waals surface area contributed by atoms with Gasteiger partial charge >= 0.3 is 17.9 Å². The van der Waals surface area contributed by atoms with Crippen molar-refractivity contribution in [3.8, 4) is 0 Å². The Balaban J connectivity index is 4.36. The minimum Gasteiger partial charge on any atom is -0.477 e. The van der Waals surface area contributed by atoms with Gasteiger partial charge in [0, 0.05) is 19.3 Å². The molecule has 0 aromatic rings. The highest BCUT2D eigenvalue weighted by Crippen LogP contribution is 2.13. The van der Waals surface area contributed by atoms with E-state index in [4.69, 9.17) is 14.2 Å². The molecule has 0 saturated heterocycles. The topological polar surface area (TPSA) is 99.1 Å². The first-order valence-corrected chi connectivity index (χ1v) is 22.3. The third-order valence-corrected chi connectivity index (χ3v) is 9.23. The van der Waals surface area contributed by atoms with Gasteiger partial charge in [0.2, 0.25) is 0 Å². The second kappa shape index (κ2) is 40.0. The Hall–Kier alpha value is -3.75. The Labute approximate surface area is 354 Å². The number of carbonyl (C=O) groups excluding carboxylic acids is 2. The van der Waals surface area contributed by atoms with Gasteiger partial charge < -0.3 is 23.8 Å². The predicted octanol–water partition coefficient (Wildman–Crippen LogP) is 12.3. The molecule has 0 spiro atoms. The average Bonchev–Trinajstić information content (AvgIpc) is 3.18. The van der Waals surface area contributed by atoms with E-state index in [-0.39, 0.29) is 42.7 Å². The number of esters is 2. The molecular weight excluding hydrogens is 727 g/mol. The number of carboxylic acid groups (broad SMARTS) is 1. The number of carbonyl (C=O) groups is 3. The van der Waals surface area contributed by atoms with Gasteiger partial charge in [-0.1, -0.05) is 143 Å². The maximum atomic E-state index is 12.7. The third-order valence-electron chi connectivity index (χ3n) is 9.23. The SMILES string of the molecule is CC/C=C/C/C=C/C/C=C/C/C=C/C/C=C/CCCCCCCCCC(=O)OC(COCCC(C(=O)O)[N+](C)(C)C)COC(=O)CCC/C=C/C/C=C/C/C=C/CC. The molecule has 0 heterocycles. The summed E-state index contributed by atoms with van der Waals surface area (Å²) in [6, 6.07) is -0.629. The monoisotopic (exact) mass is 809 g/mol. The molecule has 0 aliphatic rings. The second-order valence-corrected chi connectivity index (χ2v) is 15.5. The van der Waals surface area contributed by atoms with Gasteiger partial charge in [0.05, 0.1) is 34.4 Å². The molecule has 8 heteroatoms. The van der Waals surface area contributed by atoms with Crippen LogP contribution in [0.2, 0.25) is 0 Å². The predicted molar refractivity (Wildman–Crippen MR) is 243 cm³/mol. The molecule has 0 amide bonds. The van der Waals surface area contributed by atoms with Crippen molar-refractivity contribution in [1.82, 2.24) is 0 Å². The van der Waals surface area contributed by atoms with Crippen LogP contribution in [-0.2, 0) is 28.6 Å². The summed E-state index contributed by atoms with van der Waals surface area (Å²) in [5.74, 6) is -1.57. The van der Waals surface area contributed by atoms with Gasteiger partial charge in [-0.05, 0) is 83.5 Å².